The van der Waals surface area contributed by atoms with E-state index in [9.17, 15) is 15.0 Å². The number of amides is 1. The number of nitrogens with one attached hydrogen (secondary N) is 1. The molecule has 3 heterocycles. The number of carbonyl (C=O) groups is 1. The molecule has 1 fully saturated rings. The van der Waals surface area contributed by atoms with E-state index in [1.54, 1.807) is 24.3 Å². The van der Waals surface area contributed by atoms with Crippen LogP contribution in [0, 0.1) is 0 Å². The van der Waals surface area contributed by atoms with Gasteiger partial charge in [0.25, 0.3) is 5.91 Å². The summed E-state index contributed by atoms with van der Waals surface area (Å²) in [5.74, 6) is 0.241. The number of benzene rings is 1. The quantitative estimate of drug-likeness (QED) is 0.442. The van der Waals surface area contributed by atoms with Gasteiger partial charge in [0, 0.05) is 6.54 Å². The van der Waals surface area contributed by atoms with Crippen LogP contribution in [-0.2, 0) is 4.74 Å². The predicted molar refractivity (Wildman–Crippen MR) is 101 cm³/mol. The van der Waals surface area contributed by atoms with Crippen LogP contribution in [0.3, 0.4) is 0 Å². The average molecular weight is 400 g/mol. The van der Waals surface area contributed by atoms with Gasteiger partial charge in [-0.15, -0.1) is 0 Å². The van der Waals surface area contributed by atoms with Crippen molar-refractivity contribution in [2.45, 2.75) is 24.5 Å². The Labute approximate surface area is 165 Å². The fraction of sp³-hybridized carbons (Fsp3) is 0.333. The number of imidazole rings is 1. The van der Waals surface area contributed by atoms with Gasteiger partial charge in [0.15, 0.2) is 17.7 Å². The molecule has 0 saturated carbocycles. The Bertz CT molecular complexity index is 1040. The first-order valence-corrected chi connectivity index (χ1v) is 8.87. The number of aromatic nitrogens is 4. The normalized spacial score (nSPS) is 24.0. The summed E-state index contributed by atoms with van der Waals surface area (Å²) in [4.78, 5) is 24.6. The Balaban J connectivity index is 1.49. The Morgan fingerprint density at radius 3 is 2.86 bits per heavy atom. The minimum atomic E-state index is -1.25. The molecule has 11 nitrogen and oxygen atoms in total. The van der Waals surface area contributed by atoms with Gasteiger partial charge in [0.05, 0.1) is 19.0 Å². The highest BCUT2D eigenvalue weighted by atomic mass is 16.6. The molecule has 5 N–H and O–H groups in total. The molecule has 1 aliphatic rings. The fourth-order valence-electron chi connectivity index (χ4n) is 3.30. The number of hydrogen-bond donors (Lipinski definition) is 4. The maximum absolute atomic E-state index is 12.5. The van der Waals surface area contributed by atoms with Gasteiger partial charge in [0.1, 0.15) is 35.9 Å². The van der Waals surface area contributed by atoms with Crippen molar-refractivity contribution in [1.29, 1.82) is 0 Å². The minimum absolute atomic E-state index is 0.0185. The number of nitrogens with two attached hydrogens (primary N) is 1. The van der Waals surface area contributed by atoms with Crippen molar-refractivity contribution in [2.24, 2.45) is 0 Å². The number of nitrogen functional groups attached to an aromatic ring is 1. The molecule has 29 heavy (non-hydrogen) atoms. The largest absolute Gasteiger partial charge is 0.496 e. The van der Waals surface area contributed by atoms with Crippen LogP contribution in [0.4, 0.5) is 5.82 Å². The zero-order valence-electron chi connectivity index (χ0n) is 15.5. The van der Waals surface area contributed by atoms with Crippen molar-refractivity contribution in [1.82, 2.24) is 24.8 Å². The van der Waals surface area contributed by atoms with Gasteiger partial charge in [-0.3, -0.25) is 9.36 Å². The first kappa shape index (κ1) is 19.1. The van der Waals surface area contributed by atoms with E-state index >= 15 is 0 Å². The van der Waals surface area contributed by atoms with Crippen LogP contribution in [0.25, 0.3) is 11.2 Å². The van der Waals surface area contributed by atoms with Gasteiger partial charge in [-0.2, -0.15) is 0 Å². The molecule has 3 aromatic rings. The number of anilines is 1. The van der Waals surface area contributed by atoms with Crippen molar-refractivity contribution in [3.8, 4) is 5.75 Å². The summed E-state index contributed by atoms with van der Waals surface area (Å²) in [5.41, 5.74) is 6.87. The number of methoxy groups -OCH3 is 1. The Hall–Kier alpha value is -3.28. The predicted octanol–water partition coefficient (Wildman–Crippen LogP) is -0.534. The van der Waals surface area contributed by atoms with E-state index in [0.717, 1.165) is 0 Å². The number of nitrogens with zero attached hydrogens (tertiary/aromatic N) is 4. The van der Waals surface area contributed by atoms with Gasteiger partial charge in [0.2, 0.25) is 0 Å². The van der Waals surface area contributed by atoms with Crippen molar-refractivity contribution >= 4 is 22.9 Å². The lowest BCUT2D eigenvalue weighted by molar-refractivity contribution is -0.0337. The second kappa shape index (κ2) is 7.62. The van der Waals surface area contributed by atoms with Crippen molar-refractivity contribution in [3.63, 3.8) is 0 Å². The molecule has 1 aromatic carbocycles. The topological polar surface area (TPSA) is 158 Å². The van der Waals surface area contributed by atoms with E-state index in [1.807, 2.05) is 0 Å². The van der Waals surface area contributed by atoms with Gasteiger partial charge in [-0.05, 0) is 12.1 Å². The summed E-state index contributed by atoms with van der Waals surface area (Å²) in [6, 6.07) is 6.77. The van der Waals surface area contributed by atoms with Crippen LogP contribution < -0.4 is 15.8 Å². The zero-order valence-corrected chi connectivity index (χ0v) is 15.5. The number of ether oxygens (including phenoxy) is 2. The monoisotopic (exact) mass is 400 g/mol. The molecule has 11 heteroatoms. The lowest BCUT2D eigenvalue weighted by Gasteiger charge is -2.16. The van der Waals surface area contributed by atoms with Gasteiger partial charge in [-0.25, -0.2) is 15.0 Å². The molecule has 0 aliphatic carbocycles. The number of carbonyl (C=O) groups excluding carboxylic acids is 1. The first-order chi connectivity index (χ1) is 14.0. The molecule has 4 atom stereocenters. The lowest BCUT2D eigenvalue weighted by atomic mass is 10.1. The second-order valence-corrected chi connectivity index (χ2v) is 6.54. The molecular formula is C18H20N6O5. The number of aliphatic hydroxyl groups excluding tert-OH is 2. The Morgan fingerprint density at radius 2 is 2.07 bits per heavy atom. The standard InChI is InChI=1S/C18H20N6O5/c1-28-10-5-3-2-4-9(10)17(27)20-6-11-13(25)14(26)18(29-11)24-8-23-12-15(19)21-7-22-16(12)24/h2-5,7-8,11,13-14,18,25-26H,6H2,1H3,(H,20,27)(H2,19,21,22). The molecule has 0 radical (unpaired) electrons. The van der Waals surface area contributed by atoms with Gasteiger partial charge < -0.3 is 30.7 Å². The molecule has 4 unspecified atom stereocenters. The highest BCUT2D eigenvalue weighted by Gasteiger charge is 2.44. The second-order valence-electron chi connectivity index (χ2n) is 6.54. The molecule has 1 amide bonds. The zero-order chi connectivity index (χ0) is 20.5. The maximum atomic E-state index is 12.5. The SMILES string of the molecule is COc1ccccc1C(=O)NCC1OC(n2cnc3c(N)ncnc32)C(O)C1O. The summed E-state index contributed by atoms with van der Waals surface area (Å²) < 4.78 is 12.5. The number of fused-ring (bicyclic) bond motifs is 1. The van der Waals surface area contributed by atoms with E-state index in [4.69, 9.17) is 15.2 Å². The number of para-hydroxylation sites is 1. The van der Waals surface area contributed by atoms with Crippen molar-refractivity contribution in [3.05, 3.63) is 42.5 Å². The highest BCUT2D eigenvalue weighted by Crippen LogP contribution is 2.31. The Morgan fingerprint density at radius 1 is 1.28 bits per heavy atom. The van der Waals surface area contributed by atoms with Crippen molar-refractivity contribution < 1.29 is 24.5 Å². The van der Waals surface area contributed by atoms with Crippen LogP contribution in [0.15, 0.2) is 36.9 Å². The number of aliphatic hydroxyl groups is 2. The molecule has 0 bridgehead atoms. The van der Waals surface area contributed by atoms with Crippen LogP contribution in [0.1, 0.15) is 16.6 Å². The molecular weight excluding hydrogens is 380 g/mol. The third-order valence-electron chi connectivity index (χ3n) is 4.81. The summed E-state index contributed by atoms with van der Waals surface area (Å²) >= 11 is 0. The van der Waals surface area contributed by atoms with Crippen LogP contribution >= 0.6 is 0 Å². The molecule has 152 valence electrons. The smallest absolute Gasteiger partial charge is 0.255 e. The molecule has 1 aliphatic heterocycles. The third-order valence-corrected chi connectivity index (χ3v) is 4.81. The lowest BCUT2D eigenvalue weighted by Crippen LogP contribution is -2.39. The maximum Gasteiger partial charge on any atom is 0.255 e. The van der Waals surface area contributed by atoms with E-state index in [0.29, 0.717) is 22.5 Å². The highest BCUT2D eigenvalue weighted by molar-refractivity contribution is 5.96. The van der Waals surface area contributed by atoms with Crippen LogP contribution in [-0.4, -0.2) is 67.6 Å². The summed E-state index contributed by atoms with van der Waals surface area (Å²) in [6.45, 7) is -0.0185. The van der Waals surface area contributed by atoms with Crippen LogP contribution in [0.2, 0.25) is 0 Å². The van der Waals surface area contributed by atoms with Crippen molar-refractivity contribution in [2.75, 3.05) is 19.4 Å². The van der Waals surface area contributed by atoms with E-state index in [1.165, 1.54) is 24.3 Å². The minimum Gasteiger partial charge on any atom is -0.496 e. The van der Waals surface area contributed by atoms with E-state index in [-0.39, 0.29) is 18.3 Å². The summed E-state index contributed by atoms with van der Waals surface area (Å²) in [5, 5.41) is 23.6. The molecule has 4 rings (SSSR count). The molecule has 2 aromatic heterocycles. The molecule has 1 saturated heterocycles. The third kappa shape index (κ3) is 3.35. The van der Waals surface area contributed by atoms with E-state index in [2.05, 4.69) is 20.3 Å². The van der Waals surface area contributed by atoms with E-state index < -0.39 is 24.5 Å². The molecule has 0 spiro atoms. The van der Waals surface area contributed by atoms with Crippen LogP contribution in [0.5, 0.6) is 5.75 Å². The Kier molecular flexibility index (Phi) is 5.01. The fourth-order valence-corrected chi connectivity index (χ4v) is 3.30. The number of hydrogen-bond acceptors (Lipinski definition) is 9. The van der Waals surface area contributed by atoms with Gasteiger partial charge >= 0.3 is 0 Å². The van der Waals surface area contributed by atoms with Gasteiger partial charge in [-0.1, -0.05) is 12.1 Å². The summed E-state index contributed by atoms with van der Waals surface area (Å²) in [6.07, 6.45) is -1.58. The first-order valence-electron chi connectivity index (χ1n) is 8.87. The average Bonchev–Trinajstić information content (AvgIpc) is 3.29. The summed E-state index contributed by atoms with van der Waals surface area (Å²) in [7, 11) is 1.47. The number of rotatable bonds is 5.